The molecule has 0 unspecified atom stereocenters. The van der Waals surface area contributed by atoms with Gasteiger partial charge in [0.25, 0.3) is 0 Å². The zero-order chi connectivity index (χ0) is 24.7. The molecular formula is C24H31F3N8O. The van der Waals surface area contributed by atoms with Gasteiger partial charge in [-0.15, -0.1) is 10.2 Å². The van der Waals surface area contributed by atoms with Gasteiger partial charge in [0, 0.05) is 49.3 Å². The second-order valence-corrected chi connectivity index (χ2v) is 12.2. The quantitative estimate of drug-likeness (QED) is 0.684. The predicted octanol–water partition coefficient (Wildman–Crippen LogP) is 3.78. The largest absolute Gasteiger partial charge is 0.451 e. The molecule has 3 saturated carbocycles. The minimum atomic E-state index is -4.49. The number of rotatable bonds is 4. The summed E-state index contributed by atoms with van der Waals surface area (Å²) >= 11 is 0. The number of nitrogens with one attached hydrogen (secondary N) is 1. The molecule has 7 rings (SSSR count). The van der Waals surface area contributed by atoms with Crippen molar-refractivity contribution in [2.75, 3.05) is 26.2 Å². The summed E-state index contributed by atoms with van der Waals surface area (Å²) in [7, 11) is 0. The molecule has 3 aliphatic carbocycles. The van der Waals surface area contributed by atoms with Gasteiger partial charge in [0.15, 0.2) is 5.82 Å². The van der Waals surface area contributed by atoms with Gasteiger partial charge in [-0.05, 0) is 57.3 Å². The number of H-pyrrole nitrogens is 1. The molecule has 5 fully saturated rings. The monoisotopic (exact) mass is 504 g/mol. The van der Waals surface area contributed by atoms with Crippen molar-refractivity contribution in [2.45, 2.75) is 75.9 Å². The zero-order valence-electron chi connectivity index (χ0n) is 20.2. The number of nitrogens with zero attached hydrogens (tertiary/aromatic N) is 7. The molecule has 5 aliphatic rings. The first kappa shape index (κ1) is 22.5. The maximum atomic E-state index is 13.0. The molecule has 2 amide bonds. The highest BCUT2D eigenvalue weighted by Crippen LogP contribution is 2.55. The van der Waals surface area contributed by atoms with Gasteiger partial charge in [-0.1, -0.05) is 0 Å². The van der Waals surface area contributed by atoms with E-state index in [-0.39, 0.29) is 16.9 Å². The number of carbonyl (C=O) groups excluding carboxylic acids is 1. The Bertz CT molecular complexity index is 1140. The van der Waals surface area contributed by atoms with E-state index >= 15 is 0 Å². The third kappa shape index (κ3) is 3.87. The summed E-state index contributed by atoms with van der Waals surface area (Å²) in [6.07, 6.45) is 6.37. The topological polar surface area (TPSA) is 95.8 Å². The molecular weight excluding hydrogens is 473 g/mol. The fourth-order valence-electron chi connectivity index (χ4n) is 6.98. The zero-order valence-corrected chi connectivity index (χ0v) is 20.2. The molecule has 2 spiro atoms. The summed E-state index contributed by atoms with van der Waals surface area (Å²) in [6.45, 7) is 3.28. The van der Waals surface area contributed by atoms with Crippen LogP contribution < -0.4 is 0 Å². The minimum Gasteiger partial charge on any atom is -0.323 e. The van der Waals surface area contributed by atoms with Crippen LogP contribution in [0.25, 0.3) is 0 Å². The van der Waals surface area contributed by atoms with Crippen LogP contribution in [0.15, 0.2) is 6.33 Å². The van der Waals surface area contributed by atoms with Crippen molar-refractivity contribution in [3.63, 3.8) is 0 Å². The molecule has 2 aliphatic heterocycles. The second kappa shape index (κ2) is 7.67. The van der Waals surface area contributed by atoms with Gasteiger partial charge in [-0.2, -0.15) is 18.3 Å². The molecule has 36 heavy (non-hydrogen) atoms. The maximum absolute atomic E-state index is 13.0. The van der Waals surface area contributed by atoms with Crippen molar-refractivity contribution in [1.82, 2.24) is 39.7 Å². The average Bonchev–Trinajstić information content (AvgIpc) is 3.29. The van der Waals surface area contributed by atoms with E-state index in [1.165, 1.54) is 12.8 Å². The van der Waals surface area contributed by atoms with Crippen LogP contribution in [0.4, 0.5) is 18.0 Å². The number of aromatic amines is 1. The van der Waals surface area contributed by atoms with Gasteiger partial charge in [0.1, 0.15) is 12.2 Å². The Kier molecular flexibility index (Phi) is 4.80. The first-order valence-corrected chi connectivity index (χ1v) is 13.1. The van der Waals surface area contributed by atoms with Crippen LogP contribution in [-0.2, 0) is 12.6 Å². The number of urea groups is 1. The Hall–Kier alpha value is -2.66. The van der Waals surface area contributed by atoms with Crippen LogP contribution in [0.3, 0.4) is 0 Å². The highest BCUT2D eigenvalue weighted by atomic mass is 19.4. The van der Waals surface area contributed by atoms with Crippen molar-refractivity contribution in [2.24, 2.45) is 16.7 Å². The molecule has 9 nitrogen and oxygen atoms in total. The average molecular weight is 505 g/mol. The number of alkyl halides is 3. The van der Waals surface area contributed by atoms with Crippen molar-refractivity contribution >= 4 is 6.03 Å². The number of halogens is 3. The van der Waals surface area contributed by atoms with Crippen LogP contribution in [-0.4, -0.2) is 72.0 Å². The maximum Gasteiger partial charge on any atom is 0.451 e. The van der Waals surface area contributed by atoms with Gasteiger partial charge in [-0.3, -0.25) is 0 Å². The van der Waals surface area contributed by atoms with Gasteiger partial charge < -0.3 is 14.8 Å². The normalized spacial score (nSPS) is 25.6. The third-order valence-electron chi connectivity index (χ3n) is 9.28. The van der Waals surface area contributed by atoms with Crippen LogP contribution in [0, 0.1) is 16.7 Å². The lowest BCUT2D eigenvalue weighted by Crippen LogP contribution is -2.69. The Morgan fingerprint density at radius 2 is 1.67 bits per heavy atom. The van der Waals surface area contributed by atoms with E-state index in [2.05, 4.69) is 25.3 Å². The van der Waals surface area contributed by atoms with Crippen molar-refractivity contribution in [3.8, 4) is 0 Å². The Morgan fingerprint density at radius 1 is 1.00 bits per heavy atom. The van der Waals surface area contributed by atoms with Crippen molar-refractivity contribution in [1.29, 1.82) is 0 Å². The molecule has 4 heterocycles. The summed E-state index contributed by atoms with van der Waals surface area (Å²) in [5, 5.41) is 11.6. The van der Waals surface area contributed by atoms with Gasteiger partial charge in [-0.25, -0.2) is 14.5 Å². The van der Waals surface area contributed by atoms with Crippen LogP contribution in [0.5, 0.6) is 0 Å². The number of amides is 2. The third-order valence-corrected chi connectivity index (χ3v) is 9.28. The number of aromatic nitrogens is 6. The predicted molar refractivity (Wildman–Crippen MR) is 121 cm³/mol. The first-order chi connectivity index (χ1) is 17.2. The van der Waals surface area contributed by atoms with E-state index in [4.69, 9.17) is 0 Å². The Balaban J connectivity index is 0.843. The smallest absolute Gasteiger partial charge is 0.323 e. The highest BCUT2D eigenvalue weighted by Gasteiger charge is 2.57. The summed E-state index contributed by atoms with van der Waals surface area (Å²) < 4.78 is 40.2. The van der Waals surface area contributed by atoms with E-state index in [1.54, 1.807) is 0 Å². The molecule has 2 saturated heterocycles. The van der Waals surface area contributed by atoms with Crippen LogP contribution in [0.2, 0.25) is 0 Å². The molecule has 1 N–H and O–H groups in total. The number of hydrogen-bond acceptors (Lipinski definition) is 5. The molecule has 0 aromatic carbocycles. The SMILES string of the molecule is O=C(N1CC2(CCC(Cc3nnc(C(F)(F)F)[nH]3)CC2)C1)N1CC2(CC(n3cnc(C4CC4)n3)C2)C1. The highest BCUT2D eigenvalue weighted by molar-refractivity contribution is 5.76. The Labute approximate surface area is 206 Å². The van der Waals surface area contributed by atoms with Crippen molar-refractivity contribution < 1.29 is 18.0 Å². The van der Waals surface area contributed by atoms with E-state index in [0.29, 0.717) is 30.1 Å². The molecule has 2 aromatic heterocycles. The van der Waals surface area contributed by atoms with E-state index in [0.717, 1.165) is 70.5 Å². The van der Waals surface area contributed by atoms with E-state index in [1.807, 2.05) is 20.8 Å². The standard InChI is InChI=1S/C24H31F3N8O/c25-24(26,27)20-29-18(30-31-20)7-15-3-5-22(6-4-15)10-33(11-22)21(36)34-12-23(13-34)8-17(9-23)35-14-28-19(32-35)16-1-2-16/h14-17H,1-13H2,(H,29,30,31). The fourth-order valence-corrected chi connectivity index (χ4v) is 6.98. The van der Waals surface area contributed by atoms with E-state index < -0.39 is 12.0 Å². The lowest BCUT2D eigenvalue weighted by Gasteiger charge is -2.61. The summed E-state index contributed by atoms with van der Waals surface area (Å²) in [5.74, 6) is 1.17. The molecule has 0 radical (unpaired) electrons. The molecule has 12 heteroatoms. The lowest BCUT2D eigenvalue weighted by molar-refractivity contribution is -0.144. The lowest BCUT2D eigenvalue weighted by atomic mass is 9.60. The number of likely N-dealkylation sites (tertiary alicyclic amines) is 2. The summed E-state index contributed by atoms with van der Waals surface area (Å²) in [6, 6.07) is 0.580. The van der Waals surface area contributed by atoms with Crippen LogP contribution in [0.1, 0.15) is 80.8 Å². The van der Waals surface area contributed by atoms with E-state index in [9.17, 15) is 18.0 Å². The summed E-state index contributed by atoms with van der Waals surface area (Å²) in [4.78, 5) is 23.8. The Morgan fingerprint density at radius 3 is 2.28 bits per heavy atom. The molecule has 0 bridgehead atoms. The fraction of sp³-hybridized carbons (Fsp3) is 0.792. The minimum absolute atomic E-state index is 0.162. The second-order valence-electron chi connectivity index (χ2n) is 12.2. The first-order valence-electron chi connectivity index (χ1n) is 13.1. The molecule has 194 valence electrons. The van der Waals surface area contributed by atoms with Crippen LogP contribution >= 0.6 is 0 Å². The number of hydrogen-bond donors (Lipinski definition) is 1. The molecule has 2 aromatic rings. The molecule has 0 atom stereocenters. The van der Waals surface area contributed by atoms with Gasteiger partial charge in [0.05, 0.1) is 6.04 Å². The van der Waals surface area contributed by atoms with Gasteiger partial charge >= 0.3 is 12.2 Å². The number of carbonyl (C=O) groups is 1. The summed E-state index contributed by atoms with van der Waals surface area (Å²) in [5.41, 5.74) is 0.445. The van der Waals surface area contributed by atoms with Gasteiger partial charge in [0.2, 0.25) is 5.82 Å². The van der Waals surface area contributed by atoms with Crippen molar-refractivity contribution in [3.05, 3.63) is 23.8 Å².